The van der Waals surface area contributed by atoms with Crippen molar-refractivity contribution in [1.29, 1.82) is 0 Å². The fourth-order valence-corrected chi connectivity index (χ4v) is 9.58. The van der Waals surface area contributed by atoms with E-state index in [-0.39, 0.29) is 44.5 Å². The lowest BCUT2D eigenvalue weighted by molar-refractivity contribution is 0.479. The van der Waals surface area contributed by atoms with Gasteiger partial charge in [0, 0.05) is 25.7 Å². The molecule has 44 heavy (non-hydrogen) atoms. The topological polar surface area (TPSA) is 217 Å². The number of hydrogen-bond acceptors (Lipinski definition) is 8. The number of hydrogen-bond donors (Lipinski definition) is 4. The zero-order valence-electron chi connectivity index (χ0n) is 22.4. The summed E-state index contributed by atoms with van der Waals surface area (Å²) in [6.45, 7) is 0. The van der Waals surface area contributed by atoms with Crippen molar-refractivity contribution in [2.24, 2.45) is 0 Å². The van der Waals surface area contributed by atoms with Crippen molar-refractivity contribution in [1.82, 2.24) is 0 Å². The van der Waals surface area contributed by atoms with Crippen molar-refractivity contribution in [2.75, 3.05) is 0 Å². The quantitative estimate of drug-likeness (QED) is 0.201. The second-order valence-electron chi connectivity index (χ2n) is 10.2. The minimum Gasteiger partial charge on any atom is -0.282 e. The van der Waals surface area contributed by atoms with E-state index < -0.39 is 85.7 Å². The Morgan fingerprint density at radius 2 is 0.455 bits per heavy atom. The van der Waals surface area contributed by atoms with E-state index in [9.17, 15) is 51.9 Å². The van der Waals surface area contributed by atoms with Gasteiger partial charge in [0.25, 0.3) is 40.5 Å². The molecule has 232 valence electrons. The Balaban J connectivity index is 1.94. The van der Waals surface area contributed by atoms with Crippen LogP contribution in [0, 0.1) is 0 Å². The Morgan fingerprint density at radius 1 is 0.318 bits per heavy atom. The molecule has 0 amide bonds. The van der Waals surface area contributed by atoms with Crippen molar-refractivity contribution in [3.63, 3.8) is 0 Å². The molecule has 0 atom stereocenters. The van der Waals surface area contributed by atoms with Crippen LogP contribution in [0.4, 0.5) is 0 Å². The molecule has 0 aliphatic heterocycles. The van der Waals surface area contributed by atoms with Gasteiger partial charge in [0.05, 0.1) is 0 Å². The predicted molar refractivity (Wildman–Crippen MR) is 156 cm³/mol. The van der Waals surface area contributed by atoms with Crippen LogP contribution in [0.2, 0.25) is 0 Å². The summed E-state index contributed by atoms with van der Waals surface area (Å²) in [7, 11) is -20.0. The highest BCUT2D eigenvalue weighted by Crippen LogP contribution is 2.35. The maximum Gasteiger partial charge on any atom is 0.295 e. The first-order valence-electron chi connectivity index (χ1n) is 12.7. The normalized spacial score (nSPS) is 14.3. The largest absolute Gasteiger partial charge is 0.295 e. The van der Waals surface area contributed by atoms with E-state index in [0.717, 1.165) is 0 Å². The fraction of sp³-hybridized carbons (Fsp3) is 0.143. The molecule has 0 aromatic heterocycles. The average molecular weight is 681 g/mol. The Bertz CT molecular complexity index is 1870. The van der Waals surface area contributed by atoms with E-state index >= 15 is 0 Å². The number of rotatable bonds is 4. The third-order valence-electron chi connectivity index (χ3n) is 7.27. The molecule has 0 radical (unpaired) electrons. The molecule has 8 bridgehead atoms. The summed E-state index contributed by atoms with van der Waals surface area (Å²) < 4.78 is 143. The molecule has 0 spiro atoms. The average Bonchev–Trinajstić information content (AvgIpc) is 2.86. The smallest absolute Gasteiger partial charge is 0.282 e. The highest BCUT2D eigenvalue weighted by molar-refractivity contribution is 7.86. The van der Waals surface area contributed by atoms with Crippen LogP contribution in [-0.4, -0.2) is 51.9 Å². The minimum absolute atomic E-state index is 0.0932. The van der Waals surface area contributed by atoms with Gasteiger partial charge in [0.2, 0.25) is 0 Å². The molecule has 12 nitrogen and oxygen atoms in total. The van der Waals surface area contributed by atoms with Crippen molar-refractivity contribution in [3.8, 4) is 0 Å². The van der Waals surface area contributed by atoms with E-state index in [0.29, 0.717) is 0 Å². The van der Waals surface area contributed by atoms with E-state index in [1.807, 2.05) is 0 Å². The van der Waals surface area contributed by atoms with Gasteiger partial charge in [-0.2, -0.15) is 33.7 Å². The summed E-state index contributed by atoms with van der Waals surface area (Å²) >= 11 is 0. The van der Waals surface area contributed by atoms with E-state index in [4.69, 9.17) is 0 Å². The maximum absolute atomic E-state index is 12.7. The van der Waals surface area contributed by atoms with Crippen molar-refractivity contribution in [3.05, 3.63) is 117 Å². The number of fused-ring (bicyclic) bond motifs is 8. The summed E-state index contributed by atoms with van der Waals surface area (Å²) in [5, 5.41) is 0. The third kappa shape index (κ3) is 6.33. The molecule has 0 saturated carbocycles. The summed E-state index contributed by atoms with van der Waals surface area (Å²) in [6.07, 6.45) is -1.82. The Labute approximate surface area is 254 Å². The van der Waals surface area contributed by atoms with Gasteiger partial charge in [-0.15, -0.1) is 0 Å². The van der Waals surface area contributed by atoms with Crippen LogP contribution in [0.1, 0.15) is 44.5 Å². The third-order valence-corrected chi connectivity index (χ3v) is 11.4. The molecule has 0 unspecified atom stereocenters. The van der Waals surface area contributed by atoms with Gasteiger partial charge in [0.1, 0.15) is 19.6 Å². The molecule has 1 aliphatic rings. The maximum atomic E-state index is 12.7. The van der Waals surface area contributed by atoms with E-state index in [1.54, 1.807) is 0 Å². The van der Waals surface area contributed by atoms with Crippen LogP contribution in [0.15, 0.2) is 92.4 Å². The molecule has 4 aromatic carbocycles. The summed E-state index contributed by atoms with van der Waals surface area (Å²) in [4.78, 5) is -2.48. The predicted octanol–water partition coefficient (Wildman–Crippen LogP) is 3.35. The minimum atomic E-state index is -5.01. The second kappa shape index (κ2) is 11.1. The molecule has 0 saturated heterocycles. The first-order chi connectivity index (χ1) is 20.4. The molecule has 16 heteroatoms. The number of benzene rings is 4. The van der Waals surface area contributed by atoms with Crippen LogP contribution in [0.25, 0.3) is 0 Å². The molecule has 4 aromatic rings. The lowest BCUT2D eigenvalue weighted by atomic mass is 9.93. The van der Waals surface area contributed by atoms with Crippen molar-refractivity contribution < 1.29 is 51.9 Å². The lowest BCUT2D eigenvalue weighted by Gasteiger charge is -2.19. The molecule has 1 aliphatic carbocycles. The summed E-state index contributed by atoms with van der Waals surface area (Å²) in [6, 6.07) is 16.1. The summed E-state index contributed by atoms with van der Waals surface area (Å²) in [5.74, 6) is 0. The fourth-order valence-electron chi connectivity index (χ4n) is 5.81. The monoisotopic (exact) mass is 680 g/mol. The van der Waals surface area contributed by atoms with Crippen molar-refractivity contribution in [2.45, 2.75) is 45.3 Å². The van der Waals surface area contributed by atoms with Crippen LogP contribution >= 0.6 is 0 Å². The Morgan fingerprint density at radius 3 is 0.568 bits per heavy atom. The lowest BCUT2D eigenvalue weighted by Crippen LogP contribution is -2.15. The SMILES string of the molecule is O=S(=O)(O)c1c2cccc1Cc1cccc(c1S(=O)(=O)O)Cc1cccc(c1S(=O)(=O)O)Cc1cccc(c1S(=O)(=O)O)C2. The molecule has 5 rings (SSSR count). The Kier molecular flexibility index (Phi) is 8.09. The van der Waals surface area contributed by atoms with Crippen LogP contribution in [-0.2, 0) is 66.2 Å². The molecule has 0 heterocycles. The zero-order chi connectivity index (χ0) is 32.2. The highest BCUT2D eigenvalue weighted by Gasteiger charge is 2.30. The van der Waals surface area contributed by atoms with Crippen LogP contribution in [0.5, 0.6) is 0 Å². The molecular weight excluding hydrogens is 657 g/mol. The molecular formula is C28H24O12S4. The highest BCUT2D eigenvalue weighted by atomic mass is 32.2. The van der Waals surface area contributed by atoms with E-state index in [2.05, 4.69) is 0 Å². The molecule has 0 fully saturated rings. The first kappa shape index (κ1) is 31.9. The first-order valence-corrected chi connectivity index (χ1v) is 18.4. The Hall–Kier alpha value is -3.48. The van der Waals surface area contributed by atoms with Gasteiger partial charge >= 0.3 is 0 Å². The van der Waals surface area contributed by atoms with Gasteiger partial charge in [-0.3, -0.25) is 18.2 Å². The van der Waals surface area contributed by atoms with E-state index in [1.165, 1.54) is 72.8 Å². The molecule has 4 N–H and O–H groups in total. The van der Waals surface area contributed by atoms with Gasteiger partial charge < -0.3 is 0 Å². The standard InChI is InChI=1S/C28H24O12S4/c29-41(30,31)25-17-5-1-6-18(25)14-20-8-3-10-22(27(20)43(35,36)37)16-24-12-4-11-23(28(24)44(38,39)40)15-21-9-2-7-19(13-17)26(21)42(32,33)34/h1-12H,13-16H2,(H,29,30,31)(H,32,33,34)(H,35,36,37)(H,38,39,40). The van der Waals surface area contributed by atoms with Gasteiger partial charge in [-0.1, -0.05) is 72.8 Å². The summed E-state index contributed by atoms with van der Waals surface area (Å²) in [5.41, 5.74) is -0.746. The van der Waals surface area contributed by atoms with Crippen LogP contribution < -0.4 is 0 Å². The van der Waals surface area contributed by atoms with Gasteiger partial charge in [-0.05, 0) is 44.5 Å². The van der Waals surface area contributed by atoms with Gasteiger partial charge in [0.15, 0.2) is 0 Å². The van der Waals surface area contributed by atoms with Crippen molar-refractivity contribution >= 4 is 40.5 Å². The second-order valence-corrected chi connectivity index (χ2v) is 15.7. The van der Waals surface area contributed by atoms with Gasteiger partial charge in [-0.25, -0.2) is 0 Å². The van der Waals surface area contributed by atoms with Crippen LogP contribution in [0.3, 0.4) is 0 Å². The zero-order valence-corrected chi connectivity index (χ0v) is 25.7.